The molecule has 1 saturated heterocycles. The largest absolute Gasteiger partial charge is 0.377 e. The Bertz CT molecular complexity index is 663. The van der Waals surface area contributed by atoms with E-state index in [1.54, 1.807) is 0 Å². The molecule has 6 heteroatoms. The molecule has 154 valence electrons. The van der Waals surface area contributed by atoms with Gasteiger partial charge in [0.05, 0.1) is 66.1 Å². The smallest absolute Gasteiger partial charge is 0.0701 e. The molecule has 6 nitrogen and oxygen atoms in total. The predicted octanol–water partition coefficient (Wildman–Crippen LogP) is 2.74. The first kappa shape index (κ1) is 21.0. The number of benzene rings is 2. The van der Waals surface area contributed by atoms with Crippen molar-refractivity contribution in [2.45, 2.75) is 0 Å². The van der Waals surface area contributed by atoms with Crippen molar-refractivity contribution in [3.63, 3.8) is 0 Å². The van der Waals surface area contributed by atoms with Crippen molar-refractivity contribution >= 4 is 16.5 Å². The van der Waals surface area contributed by atoms with Crippen molar-refractivity contribution in [1.29, 1.82) is 0 Å². The Kier molecular flexibility index (Phi) is 9.53. The molecule has 0 N–H and O–H groups in total. The molecule has 3 rings (SSSR count). The number of fused-ring (bicyclic) bond motifs is 1. The van der Waals surface area contributed by atoms with Crippen LogP contribution < -0.4 is 4.90 Å². The van der Waals surface area contributed by atoms with Crippen LogP contribution in [0.4, 0.5) is 5.69 Å². The van der Waals surface area contributed by atoms with Crippen molar-refractivity contribution in [2.75, 3.05) is 84.1 Å². The summed E-state index contributed by atoms with van der Waals surface area (Å²) in [5.74, 6) is 0. The molecule has 1 aliphatic heterocycles. The van der Waals surface area contributed by atoms with Gasteiger partial charge in [-0.1, -0.05) is 30.3 Å². The summed E-state index contributed by atoms with van der Waals surface area (Å²) in [6, 6.07) is 15.0. The third kappa shape index (κ3) is 7.37. The SMILES string of the molecule is c1ccc2cc(N3CCOCCOCCOCCOCCOCC3)ccc2c1. The van der Waals surface area contributed by atoms with Crippen LogP contribution in [0.5, 0.6) is 0 Å². The number of hydrogen-bond acceptors (Lipinski definition) is 6. The summed E-state index contributed by atoms with van der Waals surface area (Å²) in [6.45, 7) is 7.57. The van der Waals surface area contributed by atoms with Gasteiger partial charge in [0.1, 0.15) is 0 Å². The molecule has 0 aromatic heterocycles. The lowest BCUT2D eigenvalue weighted by molar-refractivity contribution is -0.0116. The molecule has 0 atom stereocenters. The van der Waals surface area contributed by atoms with Gasteiger partial charge in [-0.15, -0.1) is 0 Å². The van der Waals surface area contributed by atoms with E-state index in [1.165, 1.54) is 16.5 Å². The van der Waals surface area contributed by atoms with Gasteiger partial charge in [-0.2, -0.15) is 0 Å². The van der Waals surface area contributed by atoms with Crippen LogP contribution in [-0.4, -0.2) is 79.2 Å². The van der Waals surface area contributed by atoms with Gasteiger partial charge in [-0.05, 0) is 22.9 Å². The van der Waals surface area contributed by atoms with Crippen LogP contribution in [0, 0.1) is 0 Å². The number of anilines is 1. The summed E-state index contributed by atoms with van der Waals surface area (Å²) in [7, 11) is 0. The fourth-order valence-electron chi connectivity index (χ4n) is 3.07. The standard InChI is InChI=1S/C22H31NO5/c1-2-4-21-19-22(6-5-20(21)3-1)23-7-9-24-11-13-26-15-17-28-18-16-27-14-12-25-10-8-23/h1-6,19H,7-18H2. The monoisotopic (exact) mass is 389 g/mol. The van der Waals surface area contributed by atoms with E-state index in [0.717, 1.165) is 13.1 Å². The minimum atomic E-state index is 0.579. The van der Waals surface area contributed by atoms with Gasteiger partial charge in [0.25, 0.3) is 0 Å². The van der Waals surface area contributed by atoms with E-state index in [-0.39, 0.29) is 0 Å². The second-order valence-corrected chi connectivity index (χ2v) is 6.58. The van der Waals surface area contributed by atoms with Gasteiger partial charge in [0.2, 0.25) is 0 Å². The van der Waals surface area contributed by atoms with Gasteiger partial charge in [-0.3, -0.25) is 0 Å². The van der Waals surface area contributed by atoms with Gasteiger partial charge in [-0.25, -0.2) is 0 Å². The average molecular weight is 389 g/mol. The third-order valence-electron chi connectivity index (χ3n) is 4.60. The predicted molar refractivity (Wildman–Crippen MR) is 110 cm³/mol. The summed E-state index contributed by atoms with van der Waals surface area (Å²) >= 11 is 0. The van der Waals surface area contributed by atoms with Crippen molar-refractivity contribution in [1.82, 2.24) is 0 Å². The number of rotatable bonds is 1. The van der Waals surface area contributed by atoms with Crippen molar-refractivity contribution in [2.24, 2.45) is 0 Å². The van der Waals surface area contributed by atoms with Crippen LogP contribution in [0.1, 0.15) is 0 Å². The number of hydrogen-bond donors (Lipinski definition) is 0. The van der Waals surface area contributed by atoms with Crippen molar-refractivity contribution in [3.05, 3.63) is 42.5 Å². The first-order valence-corrected chi connectivity index (χ1v) is 10.1. The van der Waals surface area contributed by atoms with E-state index in [1.807, 2.05) is 0 Å². The molecule has 28 heavy (non-hydrogen) atoms. The zero-order valence-electron chi connectivity index (χ0n) is 16.5. The molecule has 0 radical (unpaired) electrons. The number of ether oxygens (including phenoxy) is 5. The second kappa shape index (κ2) is 12.7. The summed E-state index contributed by atoms with van der Waals surface area (Å²) in [5.41, 5.74) is 1.19. The first-order chi connectivity index (χ1) is 13.9. The minimum absolute atomic E-state index is 0.579. The highest BCUT2D eigenvalue weighted by Gasteiger charge is 2.08. The molecule has 1 heterocycles. The summed E-state index contributed by atoms with van der Waals surface area (Å²) < 4.78 is 28.0. The molecule has 2 aromatic rings. The maximum atomic E-state index is 5.75. The van der Waals surface area contributed by atoms with E-state index in [4.69, 9.17) is 23.7 Å². The highest BCUT2D eigenvalue weighted by molar-refractivity contribution is 5.85. The Morgan fingerprint density at radius 1 is 0.500 bits per heavy atom. The van der Waals surface area contributed by atoms with Crippen molar-refractivity contribution < 1.29 is 23.7 Å². The van der Waals surface area contributed by atoms with Gasteiger partial charge in [0.15, 0.2) is 0 Å². The minimum Gasteiger partial charge on any atom is -0.377 e. The summed E-state index contributed by atoms with van der Waals surface area (Å²) in [6.07, 6.45) is 0. The molecule has 0 aliphatic carbocycles. The second-order valence-electron chi connectivity index (χ2n) is 6.58. The third-order valence-corrected chi connectivity index (χ3v) is 4.60. The Balaban J connectivity index is 1.56. The maximum Gasteiger partial charge on any atom is 0.0701 e. The fraction of sp³-hybridized carbons (Fsp3) is 0.545. The topological polar surface area (TPSA) is 49.4 Å². The summed E-state index contributed by atoms with van der Waals surface area (Å²) in [5, 5.41) is 2.49. The van der Waals surface area contributed by atoms with E-state index >= 15 is 0 Å². The fourth-order valence-corrected chi connectivity index (χ4v) is 3.07. The van der Waals surface area contributed by atoms with Crippen LogP contribution in [0.15, 0.2) is 42.5 Å². The normalized spacial score (nSPS) is 19.8. The Hall–Kier alpha value is -1.70. The molecule has 1 aliphatic rings. The molecule has 0 unspecified atom stereocenters. The lowest BCUT2D eigenvalue weighted by Gasteiger charge is -2.25. The lowest BCUT2D eigenvalue weighted by Crippen LogP contribution is -2.31. The van der Waals surface area contributed by atoms with Crippen molar-refractivity contribution in [3.8, 4) is 0 Å². The van der Waals surface area contributed by atoms with Crippen LogP contribution in [0.3, 0.4) is 0 Å². The molecule has 0 amide bonds. The average Bonchev–Trinajstić information content (AvgIpc) is 2.73. The van der Waals surface area contributed by atoms with Gasteiger partial charge >= 0.3 is 0 Å². The van der Waals surface area contributed by atoms with Crippen LogP contribution >= 0.6 is 0 Å². The lowest BCUT2D eigenvalue weighted by atomic mass is 10.1. The molecule has 2 aromatic carbocycles. The Morgan fingerprint density at radius 2 is 0.964 bits per heavy atom. The van der Waals surface area contributed by atoms with E-state index in [2.05, 4.69) is 47.4 Å². The van der Waals surface area contributed by atoms with E-state index in [9.17, 15) is 0 Å². The molecule has 0 saturated carbocycles. The molecule has 0 spiro atoms. The van der Waals surface area contributed by atoms with Gasteiger partial charge < -0.3 is 28.6 Å². The Labute approximate surface area is 167 Å². The van der Waals surface area contributed by atoms with Crippen LogP contribution in [-0.2, 0) is 23.7 Å². The van der Waals surface area contributed by atoms with E-state index in [0.29, 0.717) is 66.1 Å². The maximum absolute atomic E-state index is 5.75. The summed E-state index contributed by atoms with van der Waals surface area (Å²) in [4.78, 5) is 2.31. The first-order valence-electron chi connectivity index (χ1n) is 10.1. The zero-order valence-corrected chi connectivity index (χ0v) is 16.5. The highest BCUT2D eigenvalue weighted by Crippen LogP contribution is 2.22. The van der Waals surface area contributed by atoms with E-state index < -0.39 is 0 Å². The molecule has 0 bridgehead atoms. The zero-order chi connectivity index (χ0) is 19.3. The number of nitrogens with zero attached hydrogens (tertiary/aromatic N) is 1. The quantitative estimate of drug-likeness (QED) is 0.748. The van der Waals surface area contributed by atoms with Crippen LogP contribution in [0.25, 0.3) is 10.8 Å². The molecule has 1 fully saturated rings. The van der Waals surface area contributed by atoms with Gasteiger partial charge in [0, 0.05) is 18.8 Å². The van der Waals surface area contributed by atoms with Crippen LogP contribution in [0.2, 0.25) is 0 Å². The Morgan fingerprint density at radius 3 is 1.50 bits per heavy atom. The molecular formula is C22H31NO5. The molecular weight excluding hydrogens is 358 g/mol. The highest BCUT2D eigenvalue weighted by atomic mass is 16.6.